The van der Waals surface area contributed by atoms with E-state index < -0.39 is 0 Å². The molecule has 0 aromatic carbocycles. The van der Waals surface area contributed by atoms with Gasteiger partial charge >= 0.3 is 0 Å². The maximum absolute atomic E-state index is 3.70. The van der Waals surface area contributed by atoms with Crippen LogP contribution >= 0.6 is 0 Å². The maximum atomic E-state index is 3.70. The Labute approximate surface area is 56.6 Å². The van der Waals surface area contributed by atoms with Crippen molar-refractivity contribution in [2.24, 2.45) is 5.92 Å². The minimum Gasteiger partial charge on any atom is -0.0985 e. The van der Waals surface area contributed by atoms with Gasteiger partial charge in [-0.1, -0.05) is 37.8 Å². The van der Waals surface area contributed by atoms with Crippen molar-refractivity contribution in [1.29, 1.82) is 0 Å². The van der Waals surface area contributed by atoms with Crippen molar-refractivity contribution >= 4 is 0 Å². The van der Waals surface area contributed by atoms with Crippen molar-refractivity contribution in [3.63, 3.8) is 0 Å². The Hall–Kier alpha value is -0.780. The minimum atomic E-state index is 0.697. The van der Waals surface area contributed by atoms with Gasteiger partial charge in [-0.2, -0.15) is 0 Å². The molecule has 0 amide bonds. The Kier molecular flexibility index (Phi) is 1.88. The molecule has 1 aliphatic carbocycles. The third-order valence-electron chi connectivity index (χ3n) is 1.53. The SMILES string of the molecule is C=CC1=CC(C)CC=C1. The Morgan fingerprint density at radius 2 is 2.56 bits per heavy atom. The van der Waals surface area contributed by atoms with Crippen LogP contribution in [0.4, 0.5) is 0 Å². The lowest BCUT2D eigenvalue weighted by Gasteiger charge is -2.07. The smallest absolute Gasteiger partial charge is 0.0218 e. The molecule has 0 fully saturated rings. The van der Waals surface area contributed by atoms with Gasteiger partial charge in [0, 0.05) is 0 Å². The van der Waals surface area contributed by atoms with E-state index in [9.17, 15) is 0 Å². The second kappa shape index (κ2) is 2.67. The van der Waals surface area contributed by atoms with Crippen LogP contribution in [0.15, 0.2) is 36.5 Å². The summed E-state index contributed by atoms with van der Waals surface area (Å²) in [6.45, 7) is 5.91. The van der Waals surface area contributed by atoms with Crippen LogP contribution in [0.3, 0.4) is 0 Å². The van der Waals surface area contributed by atoms with Gasteiger partial charge in [-0.05, 0) is 17.9 Å². The zero-order valence-corrected chi connectivity index (χ0v) is 5.80. The molecule has 0 bridgehead atoms. The van der Waals surface area contributed by atoms with Crippen LogP contribution in [0.2, 0.25) is 0 Å². The van der Waals surface area contributed by atoms with Gasteiger partial charge in [0.15, 0.2) is 0 Å². The maximum Gasteiger partial charge on any atom is -0.0218 e. The van der Waals surface area contributed by atoms with Gasteiger partial charge in [0.2, 0.25) is 0 Å². The molecule has 9 heavy (non-hydrogen) atoms. The molecule has 0 spiro atoms. The van der Waals surface area contributed by atoms with Crippen molar-refractivity contribution in [2.75, 3.05) is 0 Å². The fourth-order valence-electron chi connectivity index (χ4n) is 1.01. The molecule has 0 N–H and O–H groups in total. The predicted molar refractivity (Wildman–Crippen MR) is 41.2 cm³/mol. The molecule has 0 nitrogen and oxygen atoms in total. The second-order valence-corrected chi connectivity index (χ2v) is 2.49. The number of rotatable bonds is 1. The van der Waals surface area contributed by atoms with E-state index in [0.29, 0.717) is 5.92 Å². The lowest BCUT2D eigenvalue weighted by Crippen LogP contribution is -1.92. The molecule has 0 aliphatic heterocycles. The Bertz CT molecular complexity index is 161. The fourth-order valence-corrected chi connectivity index (χ4v) is 1.01. The third-order valence-corrected chi connectivity index (χ3v) is 1.53. The molecular formula is C9H12. The van der Waals surface area contributed by atoms with E-state index in [1.807, 2.05) is 6.08 Å². The fraction of sp³-hybridized carbons (Fsp3) is 0.333. The molecule has 0 saturated heterocycles. The molecule has 1 unspecified atom stereocenters. The van der Waals surface area contributed by atoms with Gasteiger partial charge in [0.25, 0.3) is 0 Å². The van der Waals surface area contributed by atoms with Gasteiger partial charge < -0.3 is 0 Å². The molecule has 0 aromatic heterocycles. The summed E-state index contributed by atoms with van der Waals surface area (Å²) in [5, 5.41) is 0. The van der Waals surface area contributed by atoms with Crippen LogP contribution < -0.4 is 0 Å². The summed E-state index contributed by atoms with van der Waals surface area (Å²) in [5.41, 5.74) is 1.26. The first-order chi connectivity index (χ1) is 4.33. The molecular weight excluding hydrogens is 108 g/mol. The van der Waals surface area contributed by atoms with Crippen LogP contribution in [0.25, 0.3) is 0 Å². The molecule has 48 valence electrons. The van der Waals surface area contributed by atoms with Crippen LogP contribution in [0, 0.1) is 5.92 Å². The monoisotopic (exact) mass is 120 g/mol. The van der Waals surface area contributed by atoms with Gasteiger partial charge in [0.1, 0.15) is 0 Å². The summed E-state index contributed by atoms with van der Waals surface area (Å²) in [6, 6.07) is 0. The molecule has 1 atom stereocenters. The first-order valence-corrected chi connectivity index (χ1v) is 3.33. The summed E-state index contributed by atoms with van der Waals surface area (Å²) in [4.78, 5) is 0. The molecule has 0 aromatic rings. The third kappa shape index (κ3) is 1.56. The van der Waals surface area contributed by atoms with E-state index in [1.54, 1.807) is 0 Å². The largest absolute Gasteiger partial charge is 0.0985 e. The van der Waals surface area contributed by atoms with E-state index in [2.05, 4.69) is 31.7 Å². The molecule has 0 heteroatoms. The Balaban J connectivity index is 2.70. The molecule has 0 radical (unpaired) electrons. The van der Waals surface area contributed by atoms with Crippen molar-refractivity contribution in [1.82, 2.24) is 0 Å². The highest BCUT2D eigenvalue weighted by atomic mass is 14.0. The normalized spacial score (nSPS) is 25.4. The molecule has 0 heterocycles. The quantitative estimate of drug-likeness (QED) is 0.499. The number of allylic oxidation sites excluding steroid dienone is 5. The van der Waals surface area contributed by atoms with Gasteiger partial charge in [-0.15, -0.1) is 0 Å². The van der Waals surface area contributed by atoms with Crippen LogP contribution in [-0.2, 0) is 0 Å². The number of hydrogen-bond donors (Lipinski definition) is 0. The highest BCUT2D eigenvalue weighted by Gasteiger charge is 1.99. The lowest BCUT2D eigenvalue weighted by molar-refractivity contribution is 0.732. The zero-order chi connectivity index (χ0) is 6.69. The Morgan fingerprint density at radius 1 is 1.78 bits per heavy atom. The first-order valence-electron chi connectivity index (χ1n) is 3.33. The highest BCUT2D eigenvalue weighted by molar-refractivity contribution is 5.32. The average Bonchev–Trinajstić information content (AvgIpc) is 1.88. The van der Waals surface area contributed by atoms with Crippen LogP contribution in [0.5, 0.6) is 0 Å². The van der Waals surface area contributed by atoms with Crippen molar-refractivity contribution < 1.29 is 0 Å². The number of hydrogen-bond acceptors (Lipinski definition) is 0. The van der Waals surface area contributed by atoms with Crippen molar-refractivity contribution in [3.05, 3.63) is 36.5 Å². The average molecular weight is 120 g/mol. The molecule has 1 aliphatic rings. The van der Waals surface area contributed by atoms with E-state index >= 15 is 0 Å². The molecule has 0 saturated carbocycles. The van der Waals surface area contributed by atoms with Gasteiger partial charge in [-0.3, -0.25) is 0 Å². The highest BCUT2D eigenvalue weighted by Crippen LogP contribution is 2.15. The molecule has 1 rings (SSSR count). The summed E-state index contributed by atoms with van der Waals surface area (Å²) < 4.78 is 0. The van der Waals surface area contributed by atoms with E-state index in [0.717, 1.165) is 0 Å². The first kappa shape index (κ1) is 6.34. The summed E-state index contributed by atoms with van der Waals surface area (Å²) in [5.74, 6) is 0.697. The second-order valence-electron chi connectivity index (χ2n) is 2.49. The zero-order valence-electron chi connectivity index (χ0n) is 5.80. The van der Waals surface area contributed by atoms with Gasteiger partial charge in [-0.25, -0.2) is 0 Å². The summed E-state index contributed by atoms with van der Waals surface area (Å²) in [7, 11) is 0. The summed E-state index contributed by atoms with van der Waals surface area (Å²) in [6.07, 6.45) is 9.63. The minimum absolute atomic E-state index is 0.697. The van der Waals surface area contributed by atoms with Gasteiger partial charge in [0.05, 0.1) is 0 Å². The Morgan fingerprint density at radius 3 is 3.00 bits per heavy atom. The topological polar surface area (TPSA) is 0 Å². The van der Waals surface area contributed by atoms with Crippen LogP contribution in [0.1, 0.15) is 13.3 Å². The summed E-state index contributed by atoms with van der Waals surface area (Å²) >= 11 is 0. The predicted octanol–water partition coefficient (Wildman–Crippen LogP) is 2.69. The lowest BCUT2D eigenvalue weighted by atomic mass is 9.98. The standard InChI is InChI=1S/C9H12/c1-3-9-6-4-5-8(2)7-9/h3-4,6-8H,1,5H2,2H3. The van der Waals surface area contributed by atoms with E-state index in [1.165, 1.54) is 12.0 Å². The van der Waals surface area contributed by atoms with Crippen LogP contribution in [-0.4, -0.2) is 0 Å². The van der Waals surface area contributed by atoms with E-state index in [-0.39, 0.29) is 0 Å². The van der Waals surface area contributed by atoms with Crippen molar-refractivity contribution in [2.45, 2.75) is 13.3 Å². The van der Waals surface area contributed by atoms with E-state index in [4.69, 9.17) is 0 Å². The van der Waals surface area contributed by atoms with Crippen molar-refractivity contribution in [3.8, 4) is 0 Å².